The number of carbonyl (C=O) groups is 2. The Bertz CT molecular complexity index is 890. The van der Waals surface area contributed by atoms with E-state index in [-0.39, 0.29) is 17.3 Å². The van der Waals surface area contributed by atoms with Gasteiger partial charge in [-0.15, -0.1) is 0 Å². The van der Waals surface area contributed by atoms with Crippen molar-refractivity contribution < 1.29 is 23.5 Å². The SMILES string of the molecule is CCOc1ccc(NC(=O)C2(c3ccccc3F)CCCCC2)cc1C(=O)OC. The maximum absolute atomic E-state index is 14.6. The number of amides is 1. The van der Waals surface area contributed by atoms with Gasteiger partial charge in [0.2, 0.25) is 5.91 Å². The second-order valence-corrected chi connectivity index (χ2v) is 7.21. The summed E-state index contributed by atoms with van der Waals surface area (Å²) in [6.07, 6.45) is 3.91. The topological polar surface area (TPSA) is 64.6 Å². The molecule has 154 valence electrons. The van der Waals surface area contributed by atoms with Crippen molar-refractivity contribution in [1.82, 2.24) is 0 Å². The van der Waals surface area contributed by atoms with E-state index in [2.05, 4.69) is 5.32 Å². The lowest BCUT2D eigenvalue weighted by Gasteiger charge is -2.36. The minimum atomic E-state index is -0.923. The Labute approximate surface area is 170 Å². The first-order valence-electron chi connectivity index (χ1n) is 9.93. The summed E-state index contributed by atoms with van der Waals surface area (Å²) in [6.45, 7) is 2.21. The fraction of sp³-hybridized carbons (Fsp3) is 0.391. The van der Waals surface area contributed by atoms with Crippen LogP contribution in [0.2, 0.25) is 0 Å². The minimum absolute atomic E-state index is 0.232. The van der Waals surface area contributed by atoms with Gasteiger partial charge in [-0.25, -0.2) is 9.18 Å². The van der Waals surface area contributed by atoms with Crippen molar-refractivity contribution in [2.75, 3.05) is 19.0 Å². The van der Waals surface area contributed by atoms with Crippen molar-refractivity contribution in [3.63, 3.8) is 0 Å². The summed E-state index contributed by atoms with van der Waals surface area (Å²) in [5.41, 5.74) is 0.181. The van der Waals surface area contributed by atoms with Crippen LogP contribution in [-0.2, 0) is 14.9 Å². The standard InChI is InChI=1S/C23H26FNO4/c1-3-29-20-12-11-16(15-17(20)21(26)28-2)25-22(27)23(13-7-4-8-14-23)18-9-5-6-10-19(18)24/h5-6,9-12,15H,3-4,7-8,13-14H2,1-2H3,(H,25,27). The van der Waals surface area contributed by atoms with Crippen LogP contribution in [0, 0.1) is 5.82 Å². The van der Waals surface area contributed by atoms with E-state index in [1.807, 2.05) is 6.92 Å². The van der Waals surface area contributed by atoms with E-state index in [0.29, 0.717) is 36.4 Å². The van der Waals surface area contributed by atoms with Crippen LogP contribution in [0.15, 0.2) is 42.5 Å². The number of ether oxygens (including phenoxy) is 2. The van der Waals surface area contributed by atoms with E-state index in [9.17, 15) is 14.0 Å². The van der Waals surface area contributed by atoms with E-state index in [1.165, 1.54) is 19.2 Å². The number of hydrogen-bond donors (Lipinski definition) is 1. The molecule has 5 nitrogen and oxygen atoms in total. The van der Waals surface area contributed by atoms with Crippen LogP contribution >= 0.6 is 0 Å². The fourth-order valence-electron chi connectivity index (χ4n) is 4.03. The van der Waals surface area contributed by atoms with Crippen molar-refractivity contribution >= 4 is 17.6 Å². The summed E-state index contributed by atoms with van der Waals surface area (Å²) >= 11 is 0. The molecule has 29 heavy (non-hydrogen) atoms. The Morgan fingerprint density at radius 1 is 1.10 bits per heavy atom. The Hall–Kier alpha value is -2.89. The molecule has 0 aliphatic heterocycles. The van der Waals surface area contributed by atoms with Gasteiger partial charge in [0.25, 0.3) is 0 Å². The predicted molar refractivity (Wildman–Crippen MR) is 109 cm³/mol. The van der Waals surface area contributed by atoms with Crippen LogP contribution in [0.1, 0.15) is 54.9 Å². The lowest BCUT2D eigenvalue weighted by molar-refractivity contribution is -0.122. The van der Waals surface area contributed by atoms with Gasteiger partial charge in [-0.2, -0.15) is 0 Å². The molecule has 1 aliphatic rings. The molecule has 0 heterocycles. The van der Waals surface area contributed by atoms with Crippen LogP contribution in [0.5, 0.6) is 5.75 Å². The normalized spacial score (nSPS) is 15.4. The highest BCUT2D eigenvalue weighted by Crippen LogP contribution is 2.41. The third kappa shape index (κ3) is 4.26. The number of methoxy groups -OCH3 is 1. The quantitative estimate of drug-likeness (QED) is 0.705. The molecule has 0 unspecified atom stereocenters. The third-order valence-electron chi connectivity index (χ3n) is 5.47. The molecule has 1 aliphatic carbocycles. The van der Waals surface area contributed by atoms with Crippen molar-refractivity contribution in [2.24, 2.45) is 0 Å². The third-order valence-corrected chi connectivity index (χ3v) is 5.47. The summed E-state index contributed by atoms with van der Waals surface area (Å²) in [5.74, 6) is -0.793. The first kappa shape index (κ1) is 20.8. The van der Waals surface area contributed by atoms with Crippen LogP contribution < -0.4 is 10.1 Å². The Morgan fingerprint density at radius 2 is 1.83 bits per heavy atom. The van der Waals surface area contributed by atoms with Gasteiger partial charge in [-0.1, -0.05) is 37.5 Å². The molecule has 0 spiro atoms. The van der Waals surface area contributed by atoms with E-state index in [0.717, 1.165) is 19.3 Å². The van der Waals surface area contributed by atoms with E-state index in [4.69, 9.17) is 9.47 Å². The molecule has 1 amide bonds. The van der Waals surface area contributed by atoms with E-state index >= 15 is 0 Å². The second-order valence-electron chi connectivity index (χ2n) is 7.21. The van der Waals surface area contributed by atoms with Gasteiger partial charge < -0.3 is 14.8 Å². The minimum Gasteiger partial charge on any atom is -0.493 e. The van der Waals surface area contributed by atoms with E-state index < -0.39 is 11.4 Å². The van der Waals surface area contributed by atoms with Crippen LogP contribution in [0.25, 0.3) is 0 Å². The van der Waals surface area contributed by atoms with Gasteiger partial charge in [0.1, 0.15) is 17.1 Å². The van der Waals surface area contributed by atoms with Crippen LogP contribution in [0.3, 0.4) is 0 Å². The van der Waals surface area contributed by atoms with Crippen LogP contribution in [-0.4, -0.2) is 25.6 Å². The molecule has 1 fully saturated rings. The number of esters is 1. The Morgan fingerprint density at radius 3 is 2.48 bits per heavy atom. The molecular formula is C23H26FNO4. The van der Waals surface area contributed by atoms with Crippen LogP contribution in [0.4, 0.5) is 10.1 Å². The van der Waals surface area contributed by atoms with Gasteiger partial charge in [0.05, 0.1) is 19.1 Å². The largest absolute Gasteiger partial charge is 0.493 e. The van der Waals surface area contributed by atoms with Gasteiger partial charge in [0, 0.05) is 11.3 Å². The predicted octanol–water partition coefficient (Wildman–Crippen LogP) is 4.85. The first-order chi connectivity index (χ1) is 14.0. The average molecular weight is 399 g/mol. The molecule has 0 bridgehead atoms. The molecule has 1 N–H and O–H groups in total. The molecule has 3 rings (SSSR count). The Balaban J connectivity index is 1.94. The van der Waals surface area contributed by atoms with Crippen molar-refractivity contribution in [3.8, 4) is 5.75 Å². The fourth-order valence-corrected chi connectivity index (χ4v) is 4.03. The molecule has 0 saturated heterocycles. The summed E-state index contributed by atoms with van der Waals surface area (Å²) in [6, 6.07) is 11.3. The zero-order chi connectivity index (χ0) is 20.9. The molecule has 0 atom stereocenters. The smallest absolute Gasteiger partial charge is 0.341 e. The van der Waals surface area contributed by atoms with Gasteiger partial charge in [-0.05, 0) is 44.0 Å². The summed E-state index contributed by atoms with van der Waals surface area (Å²) in [5, 5.41) is 2.90. The summed E-state index contributed by atoms with van der Waals surface area (Å²) in [4.78, 5) is 25.5. The zero-order valence-corrected chi connectivity index (χ0v) is 16.8. The lowest BCUT2D eigenvalue weighted by atomic mass is 9.68. The highest BCUT2D eigenvalue weighted by Gasteiger charge is 2.42. The van der Waals surface area contributed by atoms with Crippen molar-refractivity contribution in [3.05, 3.63) is 59.4 Å². The second kappa shape index (κ2) is 9.07. The van der Waals surface area contributed by atoms with E-state index in [1.54, 1.807) is 30.3 Å². The maximum Gasteiger partial charge on any atom is 0.341 e. The molecule has 2 aromatic carbocycles. The molecule has 0 radical (unpaired) electrons. The molecule has 2 aromatic rings. The van der Waals surface area contributed by atoms with Gasteiger partial charge in [-0.3, -0.25) is 4.79 Å². The number of anilines is 1. The van der Waals surface area contributed by atoms with Crippen molar-refractivity contribution in [2.45, 2.75) is 44.4 Å². The Kier molecular flexibility index (Phi) is 6.52. The number of carbonyl (C=O) groups excluding carboxylic acids is 2. The zero-order valence-electron chi connectivity index (χ0n) is 16.8. The molecular weight excluding hydrogens is 373 g/mol. The number of rotatable bonds is 6. The van der Waals surface area contributed by atoms with Gasteiger partial charge in [0.15, 0.2) is 0 Å². The number of hydrogen-bond acceptors (Lipinski definition) is 4. The summed E-state index contributed by atoms with van der Waals surface area (Å²) in [7, 11) is 1.29. The first-order valence-corrected chi connectivity index (χ1v) is 9.93. The van der Waals surface area contributed by atoms with Gasteiger partial charge >= 0.3 is 5.97 Å². The number of halogens is 1. The molecule has 6 heteroatoms. The molecule has 0 aromatic heterocycles. The highest BCUT2D eigenvalue weighted by molar-refractivity contribution is 6.01. The number of benzene rings is 2. The average Bonchev–Trinajstić information content (AvgIpc) is 2.75. The molecule has 1 saturated carbocycles. The maximum atomic E-state index is 14.6. The highest BCUT2D eigenvalue weighted by atomic mass is 19.1. The van der Waals surface area contributed by atoms with Crippen molar-refractivity contribution in [1.29, 1.82) is 0 Å². The monoisotopic (exact) mass is 399 g/mol. The number of nitrogens with one attached hydrogen (secondary N) is 1. The lowest BCUT2D eigenvalue weighted by Crippen LogP contribution is -2.42. The summed E-state index contributed by atoms with van der Waals surface area (Å²) < 4.78 is 24.9.